The van der Waals surface area contributed by atoms with Crippen LogP contribution < -0.4 is 17.0 Å². The van der Waals surface area contributed by atoms with Crippen LogP contribution >= 0.6 is 0 Å². The second-order valence-electron chi connectivity index (χ2n) is 7.78. The first-order chi connectivity index (χ1) is 15.1. The van der Waals surface area contributed by atoms with Gasteiger partial charge in [0.15, 0.2) is 17.3 Å². The van der Waals surface area contributed by atoms with Gasteiger partial charge in [-0.25, -0.2) is 14.2 Å². The molecule has 0 amide bonds. The van der Waals surface area contributed by atoms with E-state index in [1.165, 1.54) is 17.8 Å². The number of ether oxygens (including phenoxy) is 3. The predicted molar refractivity (Wildman–Crippen MR) is 110 cm³/mol. The van der Waals surface area contributed by atoms with Gasteiger partial charge in [0.05, 0.1) is 6.33 Å². The average molecular weight is 454 g/mol. The van der Waals surface area contributed by atoms with E-state index in [4.69, 9.17) is 25.7 Å². The van der Waals surface area contributed by atoms with Crippen molar-refractivity contribution in [2.24, 2.45) is 11.7 Å². The molecule has 0 spiro atoms. The largest absolute Gasteiger partial charge is 0.460 e. The Morgan fingerprint density at radius 2 is 2.12 bits per heavy atom. The number of esters is 2. The molecule has 32 heavy (non-hydrogen) atoms. The third kappa shape index (κ3) is 4.88. The van der Waals surface area contributed by atoms with E-state index in [1.807, 2.05) is 6.92 Å². The van der Waals surface area contributed by atoms with Gasteiger partial charge in [0, 0.05) is 6.42 Å². The Kier molecular flexibility index (Phi) is 7.09. The molecule has 1 aliphatic heterocycles. The van der Waals surface area contributed by atoms with Crippen LogP contribution in [0.25, 0.3) is 11.2 Å². The molecule has 2 aromatic heterocycles. The van der Waals surface area contributed by atoms with Crippen molar-refractivity contribution in [3.8, 4) is 0 Å². The summed E-state index contributed by atoms with van der Waals surface area (Å²) in [4.78, 5) is 46.4. The number of carbonyl (C=O) groups excluding carboxylic acids is 2. The molecular formula is C19H27FN6O6. The number of nitrogens with one attached hydrogen (secondary N) is 1. The molecule has 13 heteroatoms. The maximum atomic E-state index is 14.5. The molecule has 0 aliphatic carbocycles. The van der Waals surface area contributed by atoms with E-state index in [1.54, 1.807) is 6.92 Å². The SMILES string of the molecule is CC[C@H](C)[C@H](N)C(=O)OC(C)C(=O)OC[C@H]1O[C@@H](n2cnc3c(=O)[nH]c(N)nc32)CC1F. The number of halogens is 1. The number of fused-ring (bicyclic) bond motifs is 1. The molecule has 1 aliphatic rings. The predicted octanol–water partition coefficient (Wildman–Crippen LogP) is 0.176. The van der Waals surface area contributed by atoms with Gasteiger partial charge in [-0.15, -0.1) is 0 Å². The summed E-state index contributed by atoms with van der Waals surface area (Å²) in [5, 5.41) is 0. The van der Waals surface area contributed by atoms with Crippen LogP contribution in [-0.4, -0.2) is 62.5 Å². The van der Waals surface area contributed by atoms with E-state index in [-0.39, 0.29) is 29.5 Å². The smallest absolute Gasteiger partial charge is 0.347 e. The lowest BCUT2D eigenvalue weighted by Gasteiger charge is -2.20. The Morgan fingerprint density at radius 3 is 2.81 bits per heavy atom. The van der Waals surface area contributed by atoms with Gasteiger partial charge in [-0.05, 0) is 12.8 Å². The minimum absolute atomic E-state index is 0.0410. The van der Waals surface area contributed by atoms with Crippen LogP contribution in [0.1, 0.15) is 39.8 Å². The molecule has 12 nitrogen and oxygen atoms in total. The van der Waals surface area contributed by atoms with Crippen molar-refractivity contribution in [2.45, 2.75) is 64.3 Å². The van der Waals surface area contributed by atoms with Crippen molar-refractivity contribution >= 4 is 29.1 Å². The van der Waals surface area contributed by atoms with E-state index in [9.17, 15) is 18.8 Å². The Balaban J connectivity index is 1.57. The topological polar surface area (TPSA) is 177 Å². The lowest BCUT2D eigenvalue weighted by molar-refractivity contribution is -0.171. The maximum Gasteiger partial charge on any atom is 0.347 e. The van der Waals surface area contributed by atoms with Gasteiger partial charge in [-0.2, -0.15) is 4.98 Å². The molecule has 1 saturated heterocycles. The highest BCUT2D eigenvalue weighted by Crippen LogP contribution is 2.32. The number of nitrogen functional groups attached to an aromatic ring is 1. The Hall–Kier alpha value is -3.06. The van der Waals surface area contributed by atoms with Gasteiger partial charge >= 0.3 is 11.9 Å². The first-order valence-corrected chi connectivity index (χ1v) is 10.3. The number of anilines is 1. The van der Waals surface area contributed by atoms with E-state index in [0.717, 1.165) is 0 Å². The molecule has 2 aromatic rings. The van der Waals surface area contributed by atoms with Gasteiger partial charge in [0.2, 0.25) is 5.95 Å². The van der Waals surface area contributed by atoms with Gasteiger partial charge in [-0.3, -0.25) is 19.1 Å². The summed E-state index contributed by atoms with van der Waals surface area (Å²) in [7, 11) is 0. The number of aromatic amines is 1. The van der Waals surface area contributed by atoms with Crippen LogP contribution in [-0.2, 0) is 23.8 Å². The fourth-order valence-corrected chi connectivity index (χ4v) is 3.23. The number of alkyl halides is 1. The standard InChI is InChI=1S/C19H27FN6O6/c1-4-8(2)13(21)18(29)31-9(3)17(28)30-6-11-10(20)5-12(32-11)26-7-23-14-15(26)24-19(22)25-16(14)27/h7-13H,4-6,21H2,1-3H3,(H3,22,24,25,27)/t8-,9?,10?,11+,12+,13-/m0/s1. The Morgan fingerprint density at radius 1 is 1.41 bits per heavy atom. The zero-order valence-electron chi connectivity index (χ0n) is 18.0. The van der Waals surface area contributed by atoms with Crippen molar-refractivity contribution in [3.05, 3.63) is 16.7 Å². The van der Waals surface area contributed by atoms with E-state index >= 15 is 0 Å². The van der Waals surface area contributed by atoms with E-state index in [2.05, 4.69) is 15.0 Å². The number of imidazole rings is 1. The monoisotopic (exact) mass is 454 g/mol. The molecule has 5 N–H and O–H groups in total. The van der Waals surface area contributed by atoms with Crippen molar-refractivity contribution in [1.29, 1.82) is 0 Å². The van der Waals surface area contributed by atoms with Gasteiger partial charge in [0.25, 0.3) is 5.56 Å². The highest BCUT2D eigenvalue weighted by atomic mass is 19.1. The molecule has 6 atom stereocenters. The maximum absolute atomic E-state index is 14.5. The van der Waals surface area contributed by atoms with Crippen LogP contribution in [0.3, 0.4) is 0 Å². The lowest BCUT2D eigenvalue weighted by Crippen LogP contribution is -2.41. The number of aromatic nitrogens is 4. The number of nitrogens with zero attached hydrogens (tertiary/aromatic N) is 3. The molecule has 0 saturated carbocycles. The molecule has 0 bridgehead atoms. The number of hydrogen-bond acceptors (Lipinski definition) is 10. The quantitative estimate of drug-likeness (QED) is 0.466. The van der Waals surface area contributed by atoms with Crippen LogP contribution in [0.15, 0.2) is 11.1 Å². The molecule has 1 fully saturated rings. The highest BCUT2D eigenvalue weighted by Gasteiger charge is 2.38. The van der Waals surface area contributed by atoms with Gasteiger partial charge < -0.3 is 25.7 Å². The summed E-state index contributed by atoms with van der Waals surface area (Å²) in [6.07, 6.45) is -2.64. The van der Waals surface area contributed by atoms with Gasteiger partial charge in [-0.1, -0.05) is 20.3 Å². The number of carbonyl (C=O) groups is 2. The fourth-order valence-electron chi connectivity index (χ4n) is 3.23. The van der Waals surface area contributed by atoms with E-state index in [0.29, 0.717) is 6.42 Å². The van der Waals surface area contributed by atoms with Gasteiger partial charge in [0.1, 0.15) is 31.2 Å². The molecule has 176 valence electrons. The molecule has 3 heterocycles. The summed E-state index contributed by atoms with van der Waals surface area (Å²) >= 11 is 0. The minimum Gasteiger partial charge on any atom is -0.460 e. The third-order valence-electron chi connectivity index (χ3n) is 5.47. The average Bonchev–Trinajstić information content (AvgIpc) is 3.33. The molecule has 0 aromatic carbocycles. The van der Waals surface area contributed by atoms with E-state index < -0.39 is 54.8 Å². The van der Waals surface area contributed by atoms with Crippen molar-refractivity contribution in [1.82, 2.24) is 19.5 Å². The Labute approximate surface area is 182 Å². The van der Waals surface area contributed by atoms with Crippen molar-refractivity contribution in [3.63, 3.8) is 0 Å². The first-order valence-electron chi connectivity index (χ1n) is 10.3. The van der Waals surface area contributed by atoms with Crippen LogP contribution in [0, 0.1) is 5.92 Å². The summed E-state index contributed by atoms with van der Waals surface area (Å²) < 4.78 is 31.7. The highest BCUT2D eigenvalue weighted by molar-refractivity contribution is 5.81. The molecular weight excluding hydrogens is 427 g/mol. The minimum atomic E-state index is -1.46. The van der Waals surface area contributed by atoms with Crippen LogP contribution in [0.4, 0.5) is 10.3 Å². The summed E-state index contributed by atoms with van der Waals surface area (Å²) in [6.45, 7) is 4.64. The Bertz CT molecular complexity index is 1040. The molecule has 0 radical (unpaired) electrons. The van der Waals surface area contributed by atoms with Crippen molar-refractivity contribution in [2.75, 3.05) is 12.3 Å². The summed E-state index contributed by atoms with van der Waals surface area (Å²) in [5.41, 5.74) is 11.0. The first kappa shape index (κ1) is 23.6. The number of hydrogen-bond donors (Lipinski definition) is 3. The second kappa shape index (κ2) is 9.61. The summed E-state index contributed by atoms with van der Waals surface area (Å²) in [6, 6.07) is -0.857. The lowest BCUT2D eigenvalue weighted by atomic mass is 10.0. The number of H-pyrrole nitrogens is 1. The zero-order chi connectivity index (χ0) is 23.6. The molecule has 2 unspecified atom stereocenters. The van der Waals surface area contributed by atoms with Crippen molar-refractivity contribution < 1.29 is 28.2 Å². The second-order valence-corrected chi connectivity index (χ2v) is 7.78. The number of rotatable bonds is 8. The van der Waals surface area contributed by atoms with Crippen LogP contribution in [0.5, 0.6) is 0 Å². The fraction of sp³-hybridized carbons (Fsp3) is 0.632. The number of nitrogens with two attached hydrogens (primary N) is 2. The van der Waals surface area contributed by atoms with Crippen LogP contribution in [0.2, 0.25) is 0 Å². The third-order valence-corrected chi connectivity index (χ3v) is 5.47. The summed E-state index contributed by atoms with van der Waals surface area (Å²) in [5.74, 6) is -1.77. The molecule has 3 rings (SSSR count). The zero-order valence-corrected chi connectivity index (χ0v) is 18.0. The normalized spacial score (nSPS) is 23.6.